The normalized spacial score (nSPS) is 20.8. The van der Waals surface area contributed by atoms with Crippen molar-refractivity contribution >= 4 is 29.1 Å². The maximum atomic E-state index is 14.7. The highest BCUT2D eigenvalue weighted by atomic mass is 19.1. The molecule has 0 unspecified atom stereocenters. The molecule has 1 aromatic rings. The maximum Gasteiger partial charge on any atom is 0.253 e. The summed E-state index contributed by atoms with van der Waals surface area (Å²) in [7, 11) is 0. The first-order valence-corrected chi connectivity index (χ1v) is 11.0. The Balaban J connectivity index is 1.44. The van der Waals surface area contributed by atoms with E-state index < -0.39 is 23.7 Å². The smallest absolute Gasteiger partial charge is 0.253 e. The zero-order valence-electron chi connectivity index (χ0n) is 17.4. The topological polar surface area (TPSA) is 114 Å². The van der Waals surface area contributed by atoms with Crippen LogP contribution in [0.15, 0.2) is 18.2 Å². The summed E-state index contributed by atoms with van der Waals surface area (Å²) in [6, 6.07) is 2.99. The Hall–Kier alpha value is -2.52. The minimum atomic E-state index is -1.19. The number of nitrogens with two attached hydrogens (primary N) is 1. The largest absolute Gasteiger partial charge is 0.370 e. The average Bonchev–Trinajstić information content (AvgIpc) is 2.63. The molecule has 0 aromatic heterocycles. The lowest BCUT2D eigenvalue weighted by molar-refractivity contribution is -0.129. The highest BCUT2D eigenvalue weighted by Crippen LogP contribution is 2.40. The van der Waals surface area contributed by atoms with Crippen LogP contribution < -0.4 is 21.3 Å². The maximum absolute atomic E-state index is 14.7. The van der Waals surface area contributed by atoms with Crippen LogP contribution in [0, 0.1) is 17.7 Å². The van der Waals surface area contributed by atoms with E-state index in [0.29, 0.717) is 18.4 Å². The molecule has 3 aliphatic rings. The zero-order chi connectivity index (χ0) is 22.0. The van der Waals surface area contributed by atoms with E-state index in [1.54, 1.807) is 0 Å². The van der Waals surface area contributed by atoms with E-state index in [-0.39, 0.29) is 36.5 Å². The van der Waals surface area contributed by atoms with Crippen LogP contribution in [0.3, 0.4) is 0 Å². The van der Waals surface area contributed by atoms with Crippen molar-refractivity contribution in [3.8, 4) is 0 Å². The third-order valence-electron chi connectivity index (χ3n) is 6.71. The number of rotatable bonds is 8. The molecule has 1 aliphatic heterocycles. The molecule has 168 valence electrons. The molecule has 3 fully saturated rings. The van der Waals surface area contributed by atoms with Crippen LogP contribution in [-0.4, -0.2) is 49.6 Å². The molecule has 1 saturated heterocycles. The number of carbonyl (C=O) groups is 3. The SMILES string of the molecule is NC(=O)[C@@H](NC(C1CCC1)C1CCC1)C(=O)Nc1ccc(N2CCOCC2=O)c(F)c1. The van der Waals surface area contributed by atoms with E-state index >= 15 is 0 Å². The lowest BCUT2D eigenvalue weighted by Crippen LogP contribution is -2.58. The molecule has 0 bridgehead atoms. The Morgan fingerprint density at radius 3 is 2.35 bits per heavy atom. The fraction of sp³-hybridized carbons (Fsp3) is 0.591. The summed E-state index contributed by atoms with van der Waals surface area (Å²) in [5, 5.41) is 5.80. The molecule has 3 amide bonds. The summed E-state index contributed by atoms with van der Waals surface area (Å²) in [4.78, 5) is 38.1. The van der Waals surface area contributed by atoms with Crippen LogP contribution >= 0.6 is 0 Å². The van der Waals surface area contributed by atoms with Gasteiger partial charge in [-0.25, -0.2) is 4.39 Å². The predicted octanol–water partition coefficient (Wildman–Crippen LogP) is 1.54. The second kappa shape index (κ2) is 9.32. The van der Waals surface area contributed by atoms with Crippen molar-refractivity contribution in [1.82, 2.24) is 5.32 Å². The number of carbonyl (C=O) groups excluding carboxylic acids is 3. The fourth-order valence-electron chi connectivity index (χ4n) is 4.53. The Morgan fingerprint density at radius 2 is 1.84 bits per heavy atom. The number of halogens is 1. The number of anilines is 2. The van der Waals surface area contributed by atoms with Gasteiger partial charge in [-0.1, -0.05) is 12.8 Å². The summed E-state index contributed by atoms with van der Waals surface area (Å²) in [6.45, 7) is 0.505. The number of morpholine rings is 1. The molecule has 4 N–H and O–H groups in total. The quantitative estimate of drug-likeness (QED) is 0.539. The number of nitrogens with one attached hydrogen (secondary N) is 2. The summed E-state index contributed by atoms with van der Waals surface area (Å²) in [5.41, 5.74) is 5.86. The van der Waals surface area contributed by atoms with Crippen molar-refractivity contribution < 1.29 is 23.5 Å². The van der Waals surface area contributed by atoms with Crippen LogP contribution in [0.5, 0.6) is 0 Å². The Kier molecular flexibility index (Phi) is 6.52. The van der Waals surface area contributed by atoms with Gasteiger partial charge < -0.3 is 20.7 Å². The van der Waals surface area contributed by atoms with Crippen LogP contribution in [0.25, 0.3) is 0 Å². The van der Waals surface area contributed by atoms with E-state index in [9.17, 15) is 18.8 Å². The van der Waals surface area contributed by atoms with Gasteiger partial charge >= 0.3 is 0 Å². The number of nitrogens with zero attached hydrogens (tertiary/aromatic N) is 1. The van der Waals surface area contributed by atoms with Crippen molar-refractivity contribution in [3.63, 3.8) is 0 Å². The van der Waals surface area contributed by atoms with Gasteiger partial charge in [0.25, 0.3) is 11.8 Å². The molecule has 31 heavy (non-hydrogen) atoms. The Labute approximate surface area is 180 Å². The molecule has 0 radical (unpaired) electrons. The zero-order valence-corrected chi connectivity index (χ0v) is 17.4. The Morgan fingerprint density at radius 1 is 1.16 bits per heavy atom. The molecule has 1 atom stereocenters. The summed E-state index contributed by atoms with van der Waals surface area (Å²) in [6.07, 6.45) is 6.70. The molecular weight excluding hydrogens is 403 g/mol. The first-order chi connectivity index (χ1) is 14.9. The number of hydrogen-bond acceptors (Lipinski definition) is 5. The van der Waals surface area contributed by atoms with Gasteiger partial charge in [-0.15, -0.1) is 0 Å². The Bertz CT molecular complexity index is 842. The monoisotopic (exact) mass is 432 g/mol. The summed E-state index contributed by atoms with van der Waals surface area (Å²) >= 11 is 0. The minimum absolute atomic E-state index is 0.0902. The number of primary amides is 1. The predicted molar refractivity (Wildman–Crippen MR) is 113 cm³/mol. The molecule has 8 nitrogen and oxygen atoms in total. The molecule has 1 heterocycles. The number of ether oxygens (including phenoxy) is 1. The number of hydrogen-bond donors (Lipinski definition) is 3. The van der Waals surface area contributed by atoms with Gasteiger partial charge in [-0.3, -0.25) is 19.7 Å². The molecule has 9 heteroatoms. The van der Waals surface area contributed by atoms with Gasteiger partial charge in [0.05, 0.1) is 12.3 Å². The molecular formula is C22H29FN4O4. The van der Waals surface area contributed by atoms with Crippen molar-refractivity contribution in [2.24, 2.45) is 17.6 Å². The van der Waals surface area contributed by atoms with Gasteiger partial charge in [0.1, 0.15) is 12.4 Å². The first-order valence-electron chi connectivity index (χ1n) is 11.0. The molecule has 1 aromatic carbocycles. The summed E-state index contributed by atoms with van der Waals surface area (Å²) in [5.74, 6) is -1.40. The van der Waals surface area contributed by atoms with Crippen LogP contribution in [-0.2, 0) is 19.1 Å². The van der Waals surface area contributed by atoms with Gasteiger partial charge in [-0.05, 0) is 55.7 Å². The highest BCUT2D eigenvalue weighted by Gasteiger charge is 2.39. The fourth-order valence-corrected chi connectivity index (χ4v) is 4.53. The van der Waals surface area contributed by atoms with Crippen LogP contribution in [0.4, 0.5) is 15.8 Å². The van der Waals surface area contributed by atoms with E-state index in [0.717, 1.165) is 31.7 Å². The van der Waals surface area contributed by atoms with E-state index in [1.807, 2.05) is 0 Å². The van der Waals surface area contributed by atoms with Crippen molar-refractivity contribution in [1.29, 1.82) is 0 Å². The highest BCUT2D eigenvalue weighted by molar-refractivity contribution is 6.09. The average molecular weight is 432 g/mol. The second-order valence-corrected chi connectivity index (χ2v) is 8.66. The van der Waals surface area contributed by atoms with E-state index in [2.05, 4.69) is 10.6 Å². The van der Waals surface area contributed by atoms with Crippen LogP contribution in [0.2, 0.25) is 0 Å². The van der Waals surface area contributed by atoms with Gasteiger partial charge in [0.15, 0.2) is 6.04 Å². The second-order valence-electron chi connectivity index (χ2n) is 8.66. The molecule has 0 spiro atoms. The third kappa shape index (κ3) is 4.72. The number of benzene rings is 1. The van der Waals surface area contributed by atoms with Crippen molar-refractivity contribution in [2.45, 2.75) is 50.6 Å². The molecule has 4 rings (SSSR count). The third-order valence-corrected chi connectivity index (χ3v) is 6.71. The molecule has 2 saturated carbocycles. The standard InChI is InChI=1S/C22H29FN4O4/c23-16-11-15(7-8-17(16)27-9-10-31-12-18(27)28)25-22(30)20(21(24)29)26-19(13-3-1-4-13)14-5-2-6-14/h7-8,11,13-14,19-20,26H,1-6,9-10,12H2,(H2,24,29)(H,25,30)/t20-/m1/s1. The number of amides is 3. The lowest BCUT2D eigenvalue weighted by Gasteiger charge is -2.44. The van der Waals surface area contributed by atoms with E-state index in [4.69, 9.17) is 10.5 Å². The van der Waals surface area contributed by atoms with Gasteiger partial charge in [0.2, 0.25) is 5.91 Å². The van der Waals surface area contributed by atoms with Crippen molar-refractivity contribution in [2.75, 3.05) is 30.0 Å². The van der Waals surface area contributed by atoms with Gasteiger partial charge in [0, 0.05) is 18.3 Å². The first kappa shape index (κ1) is 21.7. The van der Waals surface area contributed by atoms with E-state index in [1.165, 1.54) is 29.9 Å². The molecule has 2 aliphatic carbocycles. The summed E-state index contributed by atoms with van der Waals surface area (Å²) < 4.78 is 19.7. The lowest BCUT2D eigenvalue weighted by atomic mass is 9.68. The van der Waals surface area contributed by atoms with Crippen LogP contribution in [0.1, 0.15) is 38.5 Å². The minimum Gasteiger partial charge on any atom is -0.370 e. The van der Waals surface area contributed by atoms with Crippen molar-refractivity contribution in [3.05, 3.63) is 24.0 Å². The van der Waals surface area contributed by atoms with Gasteiger partial charge in [-0.2, -0.15) is 0 Å².